The molecule has 36 heavy (non-hydrogen) atoms. The number of amides is 2. The molecule has 9 nitrogen and oxygen atoms in total. The fourth-order valence-corrected chi connectivity index (χ4v) is 4.67. The molecule has 2 fully saturated rings. The van der Waals surface area contributed by atoms with Crippen LogP contribution in [0.3, 0.4) is 0 Å². The number of benzene rings is 1. The van der Waals surface area contributed by atoms with Gasteiger partial charge in [-0.05, 0) is 63.1 Å². The fraction of sp³-hybridized carbons (Fsp3) is 0.519. The molecule has 2 aromatic rings. The summed E-state index contributed by atoms with van der Waals surface area (Å²) in [7, 11) is 0. The van der Waals surface area contributed by atoms with Gasteiger partial charge in [0, 0.05) is 69.3 Å². The molecule has 2 saturated heterocycles. The van der Waals surface area contributed by atoms with Gasteiger partial charge in [0.1, 0.15) is 11.9 Å². The van der Waals surface area contributed by atoms with E-state index >= 15 is 0 Å². The van der Waals surface area contributed by atoms with Crippen molar-refractivity contribution in [3.8, 4) is 5.75 Å². The summed E-state index contributed by atoms with van der Waals surface area (Å²) in [6.07, 6.45) is 5.37. The van der Waals surface area contributed by atoms with E-state index in [-0.39, 0.29) is 18.1 Å². The second kappa shape index (κ2) is 12.6. The molecule has 1 aromatic heterocycles. The molecule has 1 aromatic carbocycles. The van der Waals surface area contributed by atoms with Crippen LogP contribution in [-0.4, -0.2) is 91.4 Å². The summed E-state index contributed by atoms with van der Waals surface area (Å²) in [6, 6.07) is 12.2. The first-order valence-corrected chi connectivity index (χ1v) is 12.9. The van der Waals surface area contributed by atoms with E-state index in [1.165, 1.54) is 0 Å². The summed E-state index contributed by atoms with van der Waals surface area (Å²) in [5.41, 5.74) is 1.83. The predicted octanol–water partition coefficient (Wildman–Crippen LogP) is 3.02. The molecule has 0 unspecified atom stereocenters. The molecule has 2 amide bonds. The van der Waals surface area contributed by atoms with Crippen LogP contribution >= 0.6 is 0 Å². The molecule has 0 radical (unpaired) electrons. The third-order valence-electron chi connectivity index (χ3n) is 6.73. The van der Waals surface area contributed by atoms with Crippen molar-refractivity contribution in [1.29, 1.82) is 0 Å². The molecule has 0 saturated carbocycles. The summed E-state index contributed by atoms with van der Waals surface area (Å²) in [5, 5.41) is 3.64. The number of anilines is 1. The molecule has 3 heterocycles. The van der Waals surface area contributed by atoms with Crippen LogP contribution in [0.2, 0.25) is 0 Å². The van der Waals surface area contributed by atoms with Crippen LogP contribution in [0, 0.1) is 0 Å². The summed E-state index contributed by atoms with van der Waals surface area (Å²) >= 11 is 0. The Labute approximate surface area is 213 Å². The van der Waals surface area contributed by atoms with Crippen LogP contribution < -0.4 is 15.0 Å². The number of nitrogens with zero attached hydrogens (tertiary/aromatic N) is 4. The van der Waals surface area contributed by atoms with Crippen molar-refractivity contribution in [2.24, 2.45) is 0 Å². The van der Waals surface area contributed by atoms with Crippen molar-refractivity contribution >= 4 is 17.7 Å². The van der Waals surface area contributed by atoms with Crippen molar-refractivity contribution in [2.45, 2.75) is 38.8 Å². The molecular weight excluding hydrogens is 458 g/mol. The number of nitrogens with one attached hydrogen (secondary N) is 1. The first kappa shape index (κ1) is 25.8. The van der Waals surface area contributed by atoms with E-state index in [1.54, 1.807) is 29.1 Å². The smallest absolute Gasteiger partial charge is 0.409 e. The zero-order valence-corrected chi connectivity index (χ0v) is 21.3. The maximum Gasteiger partial charge on any atom is 0.409 e. The average Bonchev–Trinajstić information content (AvgIpc) is 2.93. The fourth-order valence-electron chi connectivity index (χ4n) is 4.67. The molecule has 2 aliphatic heterocycles. The quantitative estimate of drug-likeness (QED) is 0.602. The van der Waals surface area contributed by atoms with Crippen molar-refractivity contribution in [3.05, 3.63) is 54.4 Å². The third-order valence-corrected chi connectivity index (χ3v) is 6.73. The van der Waals surface area contributed by atoms with Crippen LogP contribution in [-0.2, 0) is 4.74 Å². The highest BCUT2D eigenvalue weighted by Gasteiger charge is 2.26. The van der Waals surface area contributed by atoms with Gasteiger partial charge in [-0.2, -0.15) is 0 Å². The number of carbonyl (C=O) groups excluding carboxylic acids is 2. The highest BCUT2D eigenvalue weighted by molar-refractivity contribution is 5.94. The van der Waals surface area contributed by atoms with Gasteiger partial charge in [0.05, 0.1) is 12.8 Å². The number of pyridine rings is 1. The van der Waals surface area contributed by atoms with Gasteiger partial charge >= 0.3 is 6.09 Å². The molecule has 4 rings (SSSR count). The topological polar surface area (TPSA) is 87.2 Å². The molecule has 194 valence electrons. The average molecular weight is 496 g/mol. The highest BCUT2D eigenvalue weighted by Crippen LogP contribution is 2.22. The number of piperidine rings is 1. The second-order valence-corrected chi connectivity index (χ2v) is 9.31. The number of aromatic nitrogens is 1. The number of rotatable bonds is 8. The summed E-state index contributed by atoms with van der Waals surface area (Å²) < 4.78 is 11.0. The van der Waals surface area contributed by atoms with Crippen molar-refractivity contribution in [3.63, 3.8) is 0 Å². The van der Waals surface area contributed by atoms with Gasteiger partial charge in [0.2, 0.25) is 0 Å². The Morgan fingerprint density at radius 3 is 2.36 bits per heavy atom. The zero-order valence-electron chi connectivity index (χ0n) is 21.3. The van der Waals surface area contributed by atoms with Gasteiger partial charge in [0.15, 0.2) is 0 Å². The maximum absolute atomic E-state index is 12.9. The molecule has 0 bridgehead atoms. The lowest BCUT2D eigenvalue weighted by molar-refractivity contribution is 0.0570. The van der Waals surface area contributed by atoms with Gasteiger partial charge in [-0.25, -0.2) is 4.79 Å². The SMILES string of the molecule is CCOC(=O)N1CCN(C(=O)c2ccc(N3CCC(NC[C@@H](C)Oc4cccnc4)CC3)cc2)CC1. The zero-order chi connectivity index (χ0) is 25.3. The first-order valence-electron chi connectivity index (χ1n) is 12.9. The lowest BCUT2D eigenvalue weighted by Crippen LogP contribution is -2.50. The monoisotopic (exact) mass is 495 g/mol. The number of hydrogen-bond acceptors (Lipinski definition) is 7. The van der Waals surface area contributed by atoms with Crippen LogP contribution in [0.4, 0.5) is 10.5 Å². The van der Waals surface area contributed by atoms with E-state index in [0.717, 1.165) is 43.9 Å². The molecule has 1 N–H and O–H groups in total. The molecule has 1 atom stereocenters. The lowest BCUT2D eigenvalue weighted by atomic mass is 10.0. The van der Waals surface area contributed by atoms with Gasteiger partial charge < -0.3 is 29.5 Å². The van der Waals surface area contributed by atoms with Gasteiger partial charge in [-0.15, -0.1) is 0 Å². The Balaban J connectivity index is 1.19. The lowest BCUT2D eigenvalue weighted by Gasteiger charge is -2.35. The summed E-state index contributed by atoms with van der Waals surface area (Å²) in [4.78, 5) is 34.7. The van der Waals surface area contributed by atoms with Gasteiger partial charge in [-0.1, -0.05) is 0 Å². The number of piperazine rings is 1. The molecular formula is C27H37N5O4. The number of ether oxygens (including phenoxy) is 2. The van der Waals surface area contributed by atoms with E-state index in [0.29, 0.717) is 44.4 Å². The standard InChI is InChI=1S/C27H37N5O4/c1-3-35-27(34)32-17-15-31(16-18-32)26(33)22-6-8-24(9-7-22)30-13-10-23(11-14-30)29-19-21(2)36-25-5-4-12-28-20-25/h4-9,12,20-21,23,29H,3,10-11,13-19H2,1-2H3/t21-/m1/s1. The molecule has 9 heteroatoms. The van der Waals surface area contributed by atoms with E-state index < -0.39 is 0 Å². The Morgan fingerprint density at radius 2 is 1.72 bits per heavy atom. The largest absolute Gasteiger partial charge is 0.488 e. The van der Waals surface area contributed by atoms with Crippen LogP contribution in [0.5, 0.6) is 5.75 Å². The van der Waals surface area contributed by atoms with Crippen LogP contribution in [0.15, 0.2) is 48.8 Å². The third kappa shape index (κ3) is 6.87. The van der Waals surface area contributed by atoms with E-state index in [2.05, 4.69) is 22.1 Å². The van der Waals surface area contributed by atoms with Crippen LogP contribution in [0.25, 0.3) is 0 Å². The minimum absolute atomic E-state index is 0.00981. The van der Waals surface area contributed by atoms with Crippen molar-refractivity contribution < 1.29 is 19.1 Å². The van der Waals surface area contributed by atoms with E-state index in [4.69, 9.17) is 9.47 Å². The van der Waals surface area contributed by atoms with Gasteiger partial charge in [0.25, 0.3) is 5.91 Å². The van der Waals surface area contributed by atoms with Crippen LogP contribution in [0.1, 0.15) is 37.0 Å². The Kier molecular flexibility index (Phi) is 9.00. The molecule has 0 aliphatic carbocycles. The Morgan fingerprint density at radius 1 is 1.03 bits per heavy atom. The number of carbonyl (C=O) groups is 2. The normalized spacial score (nSPS) is 17.6. The molecule has 0 spiro atoms. The highest BCUT2D eigenvalue weighted by atomic mass is 16.6. The van der Waals surface area contributed by atoms with E-state index in [1.807, 2.05) is 36.4 Å². The second-order valence-electron chi connectivity index (χ2n) is 9.31. The summed E-state index contributed by atoms with van der Waals surface area (Å²) in [6.45, 7) is 9.00. The Bertz CT molecular complexity index is 971. The maximum atomic E-state index is 12.9. The van der Waals surface area contributed by atoms with Crippen molar-refractivity contribution in [1.82, 2.24) is 20.1 Å². The molecule has 2 aliphatic rings. The number of hydrogen-bond donors (Lipinski definition) is 1. The predicted molar refractivity (Wildman–Crippen MR) is 139 cm³/mol. The minimum atomic E-state index is -0.305. The minimum Gasteiger partial charge on any atom is -0.488 e. The van der Waals surface area contributed by atoms with E-state index in [9.17, 15) is 9.59 Å². The van der Waals surface area contributed by atoms with Gasteiger partial charge in [-0.3, -0.25) is 9.78 Å². The summed E-state index contributed by atoms with van der Waals surface area (Å²) in [5.74, 6) is 0.804. The van der Waals surface area contributed by atoms with Crippen molar-refractivity contribution in [2.75, 3.05) is 57.3 Å². The Hall–Kier alpha value is -3.33. The first-order chi connectivity index (χ1) is 17.5.